The Morgan fingerprint density at radius 1 is 1.46 bits per heavy atom. The highest BCUT2D eigenvalue weighted by Crippen LogP contribution is 2.05. The maximum Gasteiger partial charge on any atom is 0.350 e. The highest BCUT2D eigenvalue weighted by atomic mass is 16.5. The minimum atomic E-state index is -0.812. The lowest BCUT2D eigenvalue weighted by Crippen LogP contribution is -2.27. The van der Waals surface area contributed by atoms with Crippen LogP contribution in [0.2, 0.25) is 0 Å². The first kappa shape index (κ1) is 7.47. The molecule has 0 amide bonds. The van der Waals surface area contributed by atoms with E-state index in [0.29, 0.717) is 4.73 Å². The lowest BCUT2D eigenvalue weighted by Gasteiger charge is -2.03. The molecular formula is C6H4N4O3. The fourth-order valence-corrected chi connectivity index (χ4v) is 0.953. The van der Waals surface area contributed by atoms with Crippen LogP contribution in [0.25, 0.3) is 11.5 Å². The molecule has 7 heteroatoms. The summed E-state index contributed by atoms with van der Waals surface area (Å²) in [6, 6.07) is 0. The smallest absolute Gasteiger partial charge is 0.350 e. The van der Waals surface area contributed by atoms with Gasteiger partial charge in [-0.1, -0.05) is 0 Å². The van der Waals surface area contributed by atoms with Crippen LogP contribution in [0.1, 0.15) is 0 Å². The second-order valence-electron chi connectivity index (χ2n) is 2.32. The van der Waals surface area contributed by atoms with Gasteiger partial charge in [0, 0.05) is 6.20 Å². The largest absolute Gasteiger partial charge is 0.427 e. The minimum Gasteiger partial charge on any atom is -0.427 e. The topological polar surface area (TPSA) is 101 Å². The first-order valence-electron chi connectivity index (χ1n) is 3.35. The maximum absolute atomic E-state index is 11.1. The Morgan fingerprint density at radius 3 is 3.00 bits per heavy atom. The standard InChI is InChI=1S/C6H4N4O3/c11-5-3-4(8-6(12)9-5)10(13)2-1-7-3/h1-2,13H,(H,9,11,12). The van der Waals surface area contributed by atoms with Crippen LogP contribution in [-0.2, 0) is 0 Å². The molecule has 7 nitrogen and oxygen atoms in total. The Hall–Kier alpha value is -2.18. The summed E-state index contributed by atoms with van der Waals surface area (Å²) in [5.74, 6) is -0.156. The summed E-state index contributed by atoms with van der Waals surface area (Å²) in [5.41, 5.74) is -1.56. The minimum absolute atomic E-state index is 0.0791. The van der Waals surface area contributed by atoms with Gasteiger partial charge in [-0.05, 0) is 0 Å². The van der Waals surface area contributed by atoms with Crippen LogP contribution in [0.3, 0.4) is 0 Å². The molecule has 0 unspecified atom stereocenters. The molecule has 2 heterocycles. The van der Waals surface area contributed by atoms with E-state index < -0.39 is 11.2 Å². The predicted octanol–water partition coefficient (Wildman–Crippen LogP) is -1.33. The van der Waals surface area contributed by atoms with Gasteiger partial charge in [0.2, 0.25) is 5.82 Å². The monoisotopic (exact) mass is 180 g/mol. The second kappa shape index (κ2) is 2.41. The molecule has 2 rings (SSSR count). The lowest BCUT2D eigenvalue weighted by molar-refractivity contribution is 0.185. The quantitative estimate of drug-likeness (QED) is 0.489. The van der Waals surface area contributed by atoms with E-state index in [0.717, 1.165) is 0 Å². The number of aromatic amines is 1. The number of rotatable bonds is 0. The Morgan fingerprint density at radius 2 is 2.23 bits per heavy atom. The van der Waals surface area contributed by atoms with Crippen LogP contribution < -0.4 is 11.2 Å². The molecule has 0 saturated heterocycles. The van der Waals surface area contributed by atoms with Crippen molar-refractivity contribution >= 4 is 0 Å². The zero-order valence-corrected chi connectivity index (χ0v) is 6.26. The Kier molecular flexibility index (Phi) is 1.38. The summed E-state index contributed by atoms with van der Waals surface area (Å²) in [5, 5.41) is 9.14. The molecule has 13 heavy (non-hydrogen) atoms. The maximum atomic E-state index is 11.1. The molecule has 2 aliphatic heterocycles. The van der Waals surface area contributed by atoms with Crippen LogP contribution in [0, 0.1) is 0 Å². The molecule has 0 spiro atoms. The van der Waals surface area contributed by atoms with Crippen molar-refractivity contribution in [3.05, 3.63) is 33.2 Å². The zero-order chi connectivity index (χ0) is 9.42. The number of hydrogen-bond donors (Lipinski definition) is 2. The number of nitrogens with one attached hydrogen (secondary N) is 1. The average Bonchev–Trinajstić information content (AvgIpc) is 2.07. The van der Waals surface area contributed by atoms with Crippen LogP contribution in [-0.4, -0.2) is 24.9 Å². The highest BCUT2D eigenvalue weighted by Gasteiger charge is 2.13. The first-order valence-corrected chi connectivity index (χ1v) is 3.35. The molecule has 0 aromatic heterocycles. The highest BCUT2D eigenvalue weighted by molar-refractivity contribution is 5.47. The number of H-pyrrole nitrogens is 1. The normalized spacial score (nSPS) is 10.5. The Bertz CT molecular complexity index is 528. The van der Waals surface area contributed by atoms with E-state index >= 15 is 0 Å². The molecule has 0 bridgehead atoms. The van der Waals surface area contributed by atoms with Gasteiger partial charge < -0.3 is 5.21 Å². The van der Waals surface area contributed by atoms with Crippen molar-refractivity contribution < 1.29 is 5.21 Å². The second-order valence-corrected chi connectivity index (χ2v) is 2.32. The van der Waals surface area contributed by atoms with E-state index in [-0.39, 0.29) is 11.5 Å². The molecule has 2 aliphatic rings. The molecule has 0 aromatic carbocycles. The van der Waals surface area contributed by atoms with Crippen molar-refractivity contribution in [1.29, 1.82) is 0 Å². The Labute approximate surface area is 70.6 Å². The SMILES string of the molecule is O=c1nc2n(O)ccnc-2c(=O)[nH]1. The molecule has 0 atom stereocenters. The van der Waals surface area contributed by atoms with E-state index in [1.165, 1.54) is 12.4 Å². The summed E-state index contributed by atoms with van der Waals surface area (Å²) < 4.78 is 0.568. The van der Waals surface area contributed by atoms with Crippen LogP contribution >= 0.6 is 0 Å². The van der Waals surface area contributed by atoms with Gasteiger partial charge in [-0.3, -0.25) is 9.78 Å². The van der Waals surface area contributed by atoms with Crippen LogP contribution in [0.4, 0.5) is 0 Å². The number of nitrogens with zero attached hydrogens (tertiary/aromatic N) is 3. The fraction of sp³-hybridized carbons (Fsp3) is 0. The molecule has 0 aliphatic carbocycles. The van der Waals surface area contributed by atoms with E-state index in [1.54, 1.807) is 0 Å². The first-order chi connectivity index (χ1) is 6.18. The molecule has 66 valence electrons. The van der Waals surface area contributed by atoms with Gasteiger partial charge in [-0.25, -0.2) is 9.78 Å². The predicted molar refractivity (Wildman–Crippen MR) is 40.7 cm³/mol. The van der Waals surface area contributed by atoms with Crippen molar-refractivity contribution in [3.8, 4) is 11.5 Å². The van der Waals surface area contributed by atoms with Crippen molar-refractivity contribution in [2.75, 3.05) is 0 Å². The van der Waals surface area contributed by atoms with E-state index in [1.807, 2.05) is 4.98 Å². The summed E-state index contributed by atoms with van der Waals surface area (Å²) in [6.07, 6.45) is 2.40. The fourth-order valence-electron chi connectivity index (χ4n) is 0.953. The van der Waals surface area contributed by atoms with Crippen molar-refractivity contribution in [2.45, 2.75) is 0 Å². The number of aromatic nitrogens is 4. The van der Waals surface area contributed by atoms with Gasteiger partial charge in [0.25, 0.3) is 5.56 Å². The summed E-state index contributed by atoms with van der Waals surface area (Å²) in [7, 11) is 0. The molecule has 0 fully saturated rings. The van der Waals surface area contributed by atoms with Crippen molar-refractivity contribution in [1.82, 2.24) is 19.7 Å². The van der Waals surface area contributed by atoms with Crippen LogP contribution in [0.5, 0.6) is 0 Å². The molecule has 0 aromatic rings. The third kappa shape index (κ3) is 1.06. The van der Waals surface area contributed by atoms with Gasteiger partial charge in [-0.2, -0.15) is 9.71 Å². The van der Waals surface area contributed by atoms with Gasteiger partial charge in [0.1, 0.15) is 0 Å². The summed E-state index contributed by atoms with van der Waals surface area (Å²) in [6.45, 7) is 0. The Balaban J connectivity index is 3.01. The zero-order valence-electron chi connectivity index (χ0n) is 6.26. The van der Waals surface area contributed by atoms with E-state index in [9.17, 15) is 9.59 Å². The van der Waals surface area contributed by atoms with E-state index in [2.05, 4.69) is 9.97 Å². The lowest BCUT2D eigenvalue weighted by atomic mass is 10.4. The van der Waals surface area contributed by atoms with E-state index in [4.69, 9.17) is 5.21 Å². The van der Waals surface area contributed by atoms with Crippen molar-refractivity contribution in [2.24, 2.45) is 0 Å². The molecule has 0 saturated carbocycles. The number of hydrogen-bond acceptors (Lipinski definition) is 5. The summed E-state index contributed by atoms with van der Waals surface area (Å²) >= 11 is 0. The average molecular weight is 180 g/mol. The van der Waals surface area contributed by atoms with Gasteiger partial charge in [-0.15, -0.1) is 0 Å². The third-order valence-corrected chi connectivity index (χ3v) is 1.48. The van der Waals surface area contributed by atoms with Gasteiger partial charge in [0.05, 0.1) is 6.20 Å². The van der Waals surface area contributed by atoms with Gasteiger partial charge >= 0.3 is 5.69 Å². The number of fused-ring (bicyclic) bond motifs is 1. The molecule has 0 radical (unpaired) electrons. The molecular weight excluding hydrogens is 176 g/mol. The third-order valence-electron chi connectivity index (χ3n) is 1.48. The summed E-state index contributed by atoms with van der Waals surface area (Å²) in [4.78, 5) is 30.8. The molecule has 2 N–H and O–H groups in total. The van der Waals surface area contributed by atoms with Crippen LogP contribution in [0.15, 0.2) is 22.0 Å². The van der Waals surface area contributed by atoms with Crippen molar-refractivity contribution in [3.63, 3.8) is 0 Å². The van der Waals surface area contributed by atoms with Gasteiger partial charge in [0.15, 0.2) is 5.69 Å².